The van der Waals surface area contributed by atoms with E-state index in [1.807, 2.05) is 0 Å². The molecule has 49 nitrogen and oxygen atoms in total. The molecule has 642 valence electrons. The van der Waals surface area contributed by atoms with Crippen LogP contribution in [0.15, 0.2) is 0 Å². The number of aliphatic hydroxyl groups excluding tert-OH is 24. The number of nitrogens with one attached hydrogen (secondary N) is 4. The van der Waals surface area contributed by atoms with Crippen LogP contribution >= 0.6 is 0 Å². The van der Waals surface area contributed by atoms with Gasteiger partial charge in [0.1, 0.15) is 213 Å². The molecule has 9 aliphatic heterocycles. The molecule has 9 rings (SSSR count). The molecule has 0 bridgehead atoms. The average molecular weight is 1630 g/mol. The van der Waals surface area contributed by atoms with Crippen molar-refractivity contribution in [1.82, 2.24) is 21.3 Å². The highest BCUT2D eigenvalue weighted by Crippen LogP contribution is 2.40. The van der Waals surface area contributed by atoms with E-state index < -0.39 is 353 Å². The minimum Gasteiger partial charge on any atom is -0.394 e. The summed E-state index contributed by atoms with van der Waals surface area (Å²) < 4.78 is 101. The Morgan fingerprint density at radius 1 is 0.252 bits per heavy atom. The zero-order chi connectivity index (χ0) is 81.8. The maximum atomic E-state index is 13.2. The second-order valence-electron chi connectivity index (χ2n) is 28.2. The molecule has 9 fully saturated rings. The van der Waals surface area contributed by atoms with E-state index in [-0.39, 0.29) is 0 Å². The van der Waals surface area contributed by atoms with E-state index >= 15 is 0 Å². The maximum absolute atomic E-state index is 13.2. The highest BCUT2D eigenvalue weighted by Gasteiger charge is 2.61. The number of carbonyl (C=O) groups is 4. The molecule has 0 aromatic carbocycles. The summed E-state index contributed by atoms with van der Waals surface area (Å²) in [6.07, 6.45) is -83.2. The van der Waals surface area contributed by atoms with Crippen molar-refractivity contribution >= 4 is 23.6 Å². The molecule has 0 aromatic rings. The molecule has 4 amide bonds. The van der Waals surface area contributed by atoms with Gasteiger partial charge in [0.15, 0.2) is 56.6 Å². The SMILES string of the molecule is CC(=O)N[C@@H]1[C@@H](O)[C@H](O[C@@H]2O[C@H](CO)[C@@H](O[C@@H]3O[C@H](CO[C@H]4O[C@H](CO)[C@@H](O)[C@H](O)[C@@H]4O[C@@H]4O[C@H](CO)[C@@H](O[C@H]5O[C@H](CO)[C@H](O)[C@H](O)[C@H]5O)[C@H](O)[C@H]4NC(C)=O)[C@@H](O)[C@H](O[C@H]4O[C@H](CO)[C@@H](O)[C@H](O)[C@@H]4O[C@@H]4O[C@H](CO)[C@@H](O)[C@H](O)[C@H]4NC(C)=O)[C@@H]3O)[C@H](O)[C@H]2NC(C)=O)[C@@H](CO[C@@H]2O[C@@H](C)[C@@H](O)[C@@H](O)[C@@H]2O)O[C@H]1O. The summed E-state index contributed by atoms with van der Waals surface area (Å²) in [5.74, 6) is -3.59. The third-order valence-corrected chi connectivity index (χ3v) is 20.3. The third kappa shape index (κ3) is 20.3. The standard InChI is InChI=1S/C62H104N4O45/c1-14-31(77)41(87)45(91)58(97-14)95-13-26-50(38(84)27(54(94)98-26)63-15(2)73)106-56-29(65-17(4)75)39(85)49(24(11-72)103-56)108-60-47(93)51(109-62-53(44(90)35(81)22(9-70)102-62)111-55-28(64-16(3)74)37(83)32(78)19(6-67)99-55)36(82)25(105-60)12-96-61-52(43(89)34(80)21(8-69)101-61)110-57-30(66-18(5)76)40(86)48(23(10-71)104-57)107-59-46(92)42(88)33(79)20(7-68)100-59/h14,19-62,67-72,77-94H,6-13H2,1-5H3,(H,63,73)(H,64,74)(H,65,75)(H,66,76)/t14-,19+,20+,21+,22+,23+,24+,25+,26+,27+,28+,29+,30+,31+,32+,33-,34+,35+,36+,37+,38+,39+,40+,41+,42-,43-,44-,45-,46+,47-,48+,49+,50+,51-,52-,53-,54+,55-,56-,57-,58+,59+,60-,61-,62+/m0/s1. The van der Waals surface area contributed by atoms with Gasteiger partial charge in [0, 0.05) is 27.7 Å². The van der Waals surface area contributed by atoms with Crippen molar-refractivity contribution in [3.63, 3.8) is 0 Å². The van der Waals surface area contributed by atoms with Gasteiger partial charge in [0.2, 0.25) is 23.6 Å². The van der Waals surface area contributed by atoms with Gasteiger partial charge in [-0.3, -0.25) is 19.2 Å². The molecule has 0 unspecified atom stereocenters. The van der Waals surface area contributed by atoms with Crippen LogP contribution in [0.2, 0.25) is 0 Å². The molecule has 9 saturated heterocycles. The lowest BCUT2D eigenvalue weighted by molar-refractivity contribution is -0.396. The minimum atomic E-state index is -2.55. The largest absolute Gasteiger partial charge is 0.394 e. The molecule has 49 heteroatoms. The second-order valence-corrected chi connectivity index (χ2v) is 28.2. The van der Waals surface area contributed by atoms with E-state index in [4.69, 9.17) is 80.5 Å². The van der Waals surface area contributed by atoms with Gasteiger partial charge in [-0.1, -0.05) is 0 Å². The van der Waals surface area contributed by atoms with Crippen LogP contribution in [0, 0.1) is 0 Å². The van der Waals surface area contributed by atoms with Crippen LogP contribution in [0.1, 0.15) is 34.6 Å². The second kappa shape index (κ2) is 39.7. The number of aliphatic hydroxyl groups is 24. The molecule has 111 heavy (non-hydrogen) atoms. The Morgan fingerprint density at radius 3 is 1.03 bits per heavy atom. The van der Waals surface area contributed by atoms with Crippen LogP contribution in [0.4, 0.5) is 0 Å². The number of ether oxygens (including phenoxy) is 17. The van der Waals surface area contributed by atoms with Crippen molar-refractivity contribution in [1.29, 1.82) is 0 Å². The minimum absolute atomic E-state index is 0.827. The van der Waals surface area contributed by atoms with Crippen molar-refractivity contribution in [3.05, 3.63) is 0 Å². The first-order chi connectivity index (χ1) is 52.4. The van der Waals surface area contributed by atoms with Gasteiger partial charge in [-0.05, 0) is 6.92 Å². The Morgan fingerprint density at radius 2 is 0.559 bits per heavy atom. The van der Waals surface area contributed by atoms with Crippen LogP contribution in [-0.4, -0.2) is 475 Å². The molecule has 0 spiro atoms. The molecular weight excluding hydrogens is 1520 g/mol. The van der Waals surface area contributed by atoms with Crippen LogP contribution < -0.4 is 21.3 Å². The predicted molar refractivity (Wildman–Crippen MR) is 342 cm³/mol. The monoisotopic (exact) mass is 1620 g/mol. The van der Waals surface area contributed by atoms with Crippen molar-refractivity contribution in [2.24, 2.45) is 0 Å². The summed E-state index contributed by atoms with van der Waals surface area (Å²) in [7, 11) is 0. The molecule has 9 aliphatic rings. The van der Waals surface area contributed by atoms with E-state index in [1.165, 1.54) is 6.92 Å². The van der Waals surface area contributed by atoms with Gasteiger partial charge >= 0.3 is 0 Å². The number of rotatable bonds is 28. The van der Waals surface area contributed by atoms with Crippen molar-refractivity contribution in [2.45, 2.75) is 311 Å². The average Bonchev–Trinajstić information content (AvgIpc) is 0.774. The lowest BCUT2D eigenvalue weighted by Gasteiger charge is -2.51. The zero-order valence-corrected chi connectivity index (χ0v) is 59.9. The molecule has 0 aliphatic carbocycles. The van der Waals surface area contributed by atoms with Crippen LogP contribution in [0.5, 0.6) is 0 Å². The van der Waals surface area contributed by atoms with Crippen LogP contribution in [0.25, 0.3) is 0 Å². The fourth-order valence-electron chi connectivity index (χ4n) is 14.3. The Labute approximate surface area is 629 Å². The Kier molecular flexibility index (Phi) is 32.6. The van der Waals surface area contributed by atoms with Gasteiger partial charge in [0.25, 0.3) is 0 Å². The number of carbonyl (C=O) groups excluding carboxylic acids is 4. The van der Waals surface area contributed by atoms with Gasteiger partial charge in [-0.25, -0.2) is 0 Å². The first-order valence-electron chi connectivity index (χ1n) is 35.5. The van der Waals surface area contributed by atoms with Crippen molar-refractivity contribution in [3.8, 4) is 0 Å². The summed E-state index contributed by atoms with van der Waals surface area (Å²) in [4.78, 5) is 50.9. The van der Waals surface area contributed by atoms with E-state index in [2.05, 4.69) is 21.3 Å². The first kappa shape index (κ1) is 91.1. The van der Waals surface area contributed by atoms with Gasteiger partial charge in [-0.15, -0.1) is 0 Å². The molecule has 0 aromatic heterocycles. The molecule has 0 saturated carbocycles. The topological polar surface area (TPSA) is 759 Å². The molecule has 45 atom stereocenters. The summed E-state index contributed by atoms with van der Waals surface area (Å²) in [6.45, 7) is -3.36. The molecular formula is C62H104N4O45. The lowest BCUT2D eigenvalue weighted by Crippen LogP contribution is -2.71. The quantitative estimate of drug-likeness (QED) is 0.0346. The Balaban J connectivity index is 1.05. The number of hydrogen-bond acceptors (Lipinski definition) is 45. The highest BCUT2D eigenvalue weighted by molar-refractivity contribution is 5.74. The summed E-state index contributed by atoms with van der Waals surface area (Å²) >= 11 is 0. The maximum Gasteiger partial charge on any atom is 0.217 e. The predicted octanol–water partition coefficient (Wildman–Crippen LogP) is -19.0. The fraction of sp³-hybridized carbons (Fsp3) is 0.935. The number of amides is 4. The fourth-order valence-corrected chi connectivity index (χ4v) is 14.3. The van der Waals surface area contributed by atoms with E-state index in [0.29, 0.717) is 0 Å². The zero-order valence-electron chi connectivity index (χ0n) is 59.9. The highest BCUT2D eigenvalue weighted by atomic mass is 16.8. The third-order valence-electron chi connectivity index (χ3n) is 20.3. The van der Waals surface area contributed by atoms with Gasteiger partial charge in [-0.2, -0.15) is 0 Å². The molecule has 9 heterocycles. The normalized spacial score (nSPS) is 49.3. The summed E-state index contributed by atoms with van der Waals surface area (Å²) in [5, 5.41) is 276. The van der Waals surface area contributed by atoms with E-state index in [1.54, 1.807) is 0 Å². The summed E-state index contributed by atoms with van der Waals surface area (Å²) in [6, 6.07) is -7.39. The molecule has 28 N–H and O–H groups in total. The Hall–Kier alpha value is -3.76. The Bertz CT molecular complexity index is 2950. The lowest BCUT2D eigenvalue weighted by atomic mass is 9.93. The number of hydrogen-bond donors (Lipinski definition) is 28. The van der Waals surface area contributed by atoms with E-state index in [0.717, 1.165) is 27.7 Å². The van der Waals surface area contributed by atoms with Gasteiger partial charge < -0.3 is 224 Å². The van der Waals surface area contributed by atoms with Crippen molar-refractivity contribution in [2.75, 3.05) is 52.9 Å². The van der Waals surface area contributed by atoms with E-state index in [9.17, 15) is 142 Å². The van der Waals surface area contributed by atoms with Crippen LogP contribution in [0.3, 0.4) is 0 Å². The molecule has 0 radical (unpaired) electrons. The first-order valence-corrected chi connectivity index (χ1v) is 35.5. The van der Waals surface area contributed by atoms with Crippen LogP contribution in [-0.2, 0) is 99.7 Å². The summed E-state index contributed by atoms with van der Waals surface area (Å²) in [5.41, 5.74) is 0. The van der Waals surface area contributed by atoms with Gasteiger partial charge in [0.05, 0.1) is 59.0 Å². The van der Waals surface area contributed by atoms with Crippen molar-refractivity contribution < 1.29 is 222 Å². The smallest absolute Gasteiger partial charge is 0.217 e.